The Morgan fingerprint density at radius 1 is 1.17 bits per heavy atom. The molecule has 0 N–H and O–H groups in total. The molecule has 0 aliphatic heterocycles. The number of aromatic nitrogens is 2. The number of furan rings is 1. The van der Waals surface area contributed by atoms with Crippen molar-refractivity contribution in [2.75, 3.05) is 0 Å². The largest absolute Gasteiger partial charge is 0.455 e. The molecule has 0 saturated carbocycles. The predicted octanol–water partition coefficient (Wildman–Crippen LogP) is 4.34. The molecule has 3 heterocycles. The maximum atomic E-state index is 7.91. The number of aryl methyl sites for hydroxylation is 3. The number of hydrogen-bond acceptors (Lipinski definition) is 2. The fourth-order valence-corrected chi connectivity index (χ4v) is 3.09. The van der Waals surface area contributed by atoms with E-state index < -0.39 is 6.37 Å². The molecule has 23 heavy (non-hydrogen) atoms. The highest BCUT2D eigenvalue weighted by Gasteiger charge is 2.21. The third-order valence-electron chi connectivity index (χ3n) is 4.29. The van der Waals surface area contributed by atoms with Crippen molar-refractivity contribution in [3.05, 3.63) is 60.0 Å². The zero-order chi connectivity index (χ0) is 17.8. The number of benzene rings is 1. The van der Waals surface area contributed by atoms with Crippen LogP contribution in [-0.4, -0.2) is 4.98 Å². The minimum Gasteiger partial charge on any atom is -0.455 e. The minimum absolute atomic E-state index is 0.640. The summed E-state index contributed by atoms with van der Waals surface area (Å²) in [6.45, 7) is 3.53. The predicted molar refractivity (Wildman–Crippen MR) is 92.2 cm³/mol. The van der Waals surface area contributed by atoms with Gasteiger partial charge < -0.3 is 4.42 Å². The summed E-state index contributed by atoms with van der Waals surface area (Å²) in [5.41, 5.74) is 5.07. The summed E-state index contributed by atoms with van der Waals surface area (Å²) < 4.78 is 23.9. The van der Waals surface area contributed by atoms with E-state index in [1.54, 1.807) is 6.92 Å². The second-order valence-corrected chi connectivity index (χ2v) is 5.72. The van der Waals surface area contributed by atoms with Crippen LogP contribution in [0.2, 0.25) is 0 Å². The fraction of sp³-hybridized carbons (Fsp3) is 0.200. The number of fused-ring (bicyclic) bond motifs is 3. The molecule has 4 rings (SSSR count). The molecule has 0 radical (unpaired) electrons. The third kappa shape index (κ3) is 2.12. The molecule has 3 nitrogen and oxygen atoms in total. The molecule has 0 bridgehead atoms. The summed E-state index contributed by atoms with van der Waals surface area (Å²) in [6, 6.07) is 11.7. The number of para-hydroxylation sites is 1. The van der Waals surface area contributed by atoms with Crippen molar-refractivity contribution in [2.24, 2.45) is 7.05 Å². The Morgan fingerprint density at radius 2 is 2.00 bits per heavy atom. The third-order valence-corrected chi connectivity index (χ3v) is 4.29. The van der Waals surface area contributed by atoms with Crippen LogP contribution < -0.4 is 4.57 Å². The molecule has 114 valence electrons. The van der Waals surface area contributed by atoms with E-state index in [9.17, 15) is 0 Å². The highest BCUT2D eigenvalue weighted by Crippen LogP contribution is 2.35. The molecule has 0 amide bonds. The normalized spacial score (nSPS) is 13.3. The molecule has 0 aliphatic carbocycles. The van der Waals surface area contributed by atoms with E-state index in [2.05, 4.69) is 4.98 Å². The molecule has 4 aromatic rings. The SMILES string of the molecule is [2H]C([2H])(C)c1ccc(-c2c(C)ncc3c2oc2ccccc23)[n+](C)c1. The molecular weight excluding hydrogens is 284 g/mol. The lowest BCUT2D eigenvalue weighted by molar-refractivity contribution is -0.660. The van der Waals surface area contributed by atoms with E-state index in [4.69, 9.17) is 7.16 Å². The molecule has 0 fully saturated rings. The van der Waals surface area contributed by atoms with Gasteiger partial charge in [-0.1, -0.05) is 25.1 Å². The molecular formula is C20H19N2O+. The summed E-state index contributed by atoms with van der Waals surface area (Å²) >= 11 is 0. The Labute approximate surface area is 138 Å². The van der Waals surface area contributed by atoms with Crippen LogP contribution in [0.3, 0.4) is 0 Å². The monoisotopic (exact) mass is 305 g/mol. The van der Waals surface area contributed by atoms with E-state index in [0.29, 0.717) is 5.56 Å². The summed E-state index contributed by atoms with van der Waals surface area (Å²) in [4.78, 5) is 4.57. The first kappa shape index (κ1) is 11.8. The molecule has 3 aromatic heterocycles. The van der Waals surface area contributed by atoms with Crippen LogP contribution in [0, 0.1) is 6.92 Å². The van der Waals surface area contributed by atoms with Crippen molar-refractivity contribution in [3.63, 3.8) is 0 Å². The van der Waals surface area contributed by atoms with Crippen molar-refractivity contribution in [3.8, 4) is 11.3 Å². The van der Waals surface area contributed by atoms with Crippen LogP contribution in [0.5, 0.6) is 0 Å². The maximum absolute atomic E-state index is 7.91. The van der Waals surface area contributed by atoms with E-state index in [-0.39, 0.29) is 0 Å². The van der Waals surface area contributed by atoms with Crippen LogP contribution in [-0.2, 0) is 13.4 Å². The lowest BCUT2D eigenvalue weighted by Crippen LogP contribution is -2.31. The van der Waals surface area contributed by atoms with Gasteiger partial charge >= 0.3 is 0 Å². The van der Waals surface area contributed by atoms with Crippen LogP contribution in [0.1, 0.15) is 20.9 Å². The number of hydrogen-bond donors (Lipinski definition) is 0. The molecule has 3 heteroatoms. The lowest BCUT2D eigenvalue weighted by atomic mass is 10.0. The molecule has 0 saturated heterocycles. The Hall–Kier alpha value is -2.68. The first-order valence-electron chi connectivity index (χ1n) is 8.63. The van der Waals surface area contributed by atoms with Gasteiger partial charge in [0.1, 0.15) is 18.2 Å². The van der Waals surface area contributed by atoms with Crippen molar-refractivity contribution in [1.29, 1.82) is 0 Å². The Kier molecular flexibility index (Phi) is 2.67. The first-order valence-corrected chi connectivity index (χ1v) is 7.63. The smallest absolute Gasteiger partial charge is 0.217 e. The molecule has 1 aromatic carbocycles. The van der Waals surface area contributed by atoms with Gasteiger partial charge in [-0.2, -0.15) is 0 Å². The Morgan fingerprint density at radius 3 is 2.78 bits per heavy atom. The van der Waals surface area contributed by atoms with Crippen LogP contribution in [0.4, 0.5) is 0 Å². The van der Waals surface area contributed by atoms with E-state index in [0.717, 1.165) is 38.9 Å². The zero-order valence-corrected chi connectivity index (χ0v) is 13.4. The maximum Gasteiger partial charge on any atom is 0.217 e. The second-order valence-electron chi connectivity index (χ2n) is 5.72. The van der Waals surface area contributed by atoms with Crippen LogP contribution in [0.15, 0.2) is 53.2 Å². The summed E-state index contributed by atoms with van der Waals surface area (Å²) in [6.07, 6.45) is 2.31. The lowest BCUT2D eigenvalue weighted by Gasteiger charge is -2.05. The average Bonchev–Trinajstić information content (AvgIpc) is 2.93. The van der Waals surface area contributed by atoms with Crippen molar-refractivity contribution >= 4 is 21.9 Å². The standard InChI is InChI=1S/C20H19N2O/c1-4-14-9-10-17(22(3)12-14)19-13(2)21-11-16-15-7-5-6-8-18(15)23-20(16)19/h5-12H,4H2,1-3H3/q+1/i4D2. The van der Waals surface area contributed by atoms with Gasteiger partial charge in [-0.25, -0.2) is 4.57 Å². The zero-order valence-electron chi connectivity index (χ0n) is 15.4. The van der Waals surface area contributed by atoms with Crippen molar-refractivity contribution in [1.82, 2.24) is 4.98 Å². The van der Waals surface area contributed by atoms with E-state index >= 15 is 0 Å². The van der Waals surface area contributed by atoms with E-state index in [1.165, 1.54) is 0 Å². The van der Waals surface area contributed by atoms with Crippen molar-refractivity contribution in [2.45, 2.75) is 20.2 Å². The van der Waals surface area contributed by atoms with Gasteiger partial charge in [0.15, 0.2) is 11.8 Å². The molecule has 0 unspecified atom stereocenters. The molecule has 0 spiro atoms. The molecule has 0 atom stereocenters. The van der Waals surface area contributed by atoms with Gasteiger partial charge in [0.2, 0.25) is 5.69 Å². The van der Waals surface area contributed by atoms with Gasteiger partial charge in [-0.15, -0.1) is 0 Å². The number of rotatable bonds is 2. The summed E-state index contributed by atoms with van der Waals surface area (Å²) in [7, 11) is 1.92. The minimum atomic E-state index is -1.38. The van der Waals surface area contributed by atoms with Gasteiger partial charge in [0.25, 0.3) is 0 Å². The van der Waals surface area contributed by atoms with Crippen LogP contribution in [0.25, 0.3) is 33.2 Å². The number of pyridine rings is 2. The van der Waals surface area contributed by atoms with Gasteiger partial charge in [-0.05, 0) is 25.4 Å². The fourth-order valence-electron chi connectivity index (χ4n) is 3.09. The summed E-state index contributed by atoms with van der Waals surface area (Å²) in [5.74, 6) is 0. The second kappa shape index (κ2) is 5.20. The highest BCUT2D eigenvalue weighted by atomic mass is 16.3. The number of nitrogens with zero attached hydrogens (tertiary/aromatic N) is 2. The van der Waals surface area contributed by atoms with Gasteiger partial charge in [0.05, 0.1) is 5.69 Å². The van der Waals surface area contributed by atoms with Gasteiger partial charge in [0, 0.05) is 31.3 Å². The quantitative estimate of drug-likeness (QED) is 0.516. The Balaban J connectivity index is 2.02. The van der Waals surface area contributed by atoms with Crippen molar-refractivity contribution < 1.29 is 11.7 Å². The van der Waals surface area contributed by atoms with Gasteiger partial charge in [-0.3, -0.25) is 4.98 Å². The first-order chi connectivity index (χ1) is 11.9. The highest BCUT2D eigenvalue weighted by molar-refractivity contribution is 6.08. The summed E-state index contributed by atoms with van der Waals surface area (Å²) in [5, 5.41) is 2.04. The van der Waals surface area contributed by atoms with E-state index in [1.807, 2.05) is 67.3 Å². The Bertz CT molecular complexity index is 1110. The average molecular weight is 305 g/mol. The molecule has 0 aliphatic rings. The van der Waals surface area contributed by atoms with Crippen LogP contribution >= 0.6 is 0 Å². The topological polar surface area (TPSA) is 29.9 Å².